The number of carbonyl (C=O) groups is 1. The normalized spacial score (nSPS) is 12.0. The number of benzene rings is 2. The van der Waals surface area contributed by atoms with Crippen molar-refractivity contribution >= 4 is 11.6 Å². The molecule has 0 spiro atoms. The van der Waals surface area contributed by atoms with Crippen molar-refractivity contribution in [3.63, 3.8) is 0 Å². The van der Waals surface area contributed by atoms with Crippen LogP contribution in [-0.2, 0) is 4.79 Å². The molecule has 0 fully saturated rings. The van der Waals surface area contributed by atoms with Gasteiger partial charge in [0.15, 0.2) is 11.6 Å². The lowest BCUT2D eigenvalue weighted by atomic mass is 10.0. The molecule has 1 amide bonds. The van der Waals surface area contributed by atoms with Crippen LogP contribution in [0.2, 0.25) is 0 Å². The molecule has 0 saturated carbocycles. The second kappa shape index (κ2) is 7.74. The van der Waals surface area contributed by atoms with Crippen LogP contribution in [0, 0.1) is 11.7 Å². The van der Waals surface area contributed by atoms with E-state index in [0.717, 1.165) is 0 Å². The van der Waals surface area contributed by atoms with E-state index < -0.39 is 17.8 Å². The Kier molecular flexibility index (Phi) is 5.71. The van der Waals surface area contributed by atoms with E-state index in [4.69, 9.17) is 4.74 Å². The Morgan fingerprint density at radius 2 is 1.87 bits per heavy atom. The molecular formula is C18H20FNO3. The van der Waals surface area contributed by atoms with Crippen LogP contribution in [0.15, 0.2) is 48.5 Å². The number of para-hydroxylation sites is 2. The predicted octanol–water partition coefficient (Wildman–Crippen LogP) is 3.96. The second-order valence-electron chi connectivity index (χ2n) is 5.59. The Labute approximate surface area is 134 Å². The molecule has 2 N–H and O–H groups in total. The van der Waals surface area contributed by atoms with Gasteiger partial charge in [0.05, 0.1) is 12.5 Å². The van der Waals surface area contributed by atoms with Gasteiger partial charge in [0.2, 0.25) is 5.91 Å². The standard InChI is InChI=1S/C18H20FNO3/c1-12(2)15(21)11-17(22)20-18-14(19)9-6-10-16(18)23-13-7-4-3-5-8-13/h3-10,12,15,21H,11H2,1-2H3,(H,20,22). The van der Waals surface area contributed by atoms with E-state index in [2.05, 4.69) is 5.32 Å². The fourth-order valence-electron chi connectivity index (χ4n) is 1.94. The largest absolute Gasteiger partial charge is 0.455 e. The molecule has 1 atom stereocenters. The molecule has 0 saturated heterocycles. The Balaban J connectivity index is 2.16. The van der Waals surface area contributed by atoms with Gasteiger partial charge in [0.1, 0.15) is 11.4 Å². The third-order valence-electron chi connectivity index (χ3n) is 3.37. The van der Waals surface area contributed by atoms with E-state index in [9.17, 15) is 14.3 Å². The maximum absolute atomic E-state index is 14.1. The van der Waals surface area contributed by atoms with Gasteiger partial charge >= 0.3 is 0 Å². The van der Waals surface area contributed by atoms with E-state index in [1.165, 1.54) is 12.1 Å². The van der Waals surface area contributed by atoms with Crippen molar-refractivity contribution in [3.8, 4) is 11.5 Å². The van der Waals surface area contributed by atoms with Gasteiger partial charge in [-0.25, -0.2) is 4.39 Å². The van der Waals surface area contributed by atoms with Crippen molar-refractivity contribution in [1.29, 1.82) is 0 Å². The Hall–Kier alpha value is -2.40. The summed E-state index contributed by atoms with van der Waals surface area (Å²) in [7, 11) is 0. The molecule has 0 radical (unpaired) electrons. The fraction of sp³-hybridized carbons (Fsp3) is 0.278. The Morgan fingerprint density at radius 1 is 1.17 bits per heavy atom. The first-order valence-electron chi connectivity index (χ1n) is 7.46. The maximum atomic E-state index is 14.1. The van der Waals surface area contributed by atoms with Gasteiger partial charge in [-0.05, 0) is 30.2 Å². The molecule has 23 heavy (non-hydrogen) atoms. The highest BCUT2D eigenvalue weighted by Gasteiger charge is 2.18. The smallest absolute Gasteiger partial charge is 0.227 e. The van der Waals surface area contributed by atoms with Crippen LogP contribution in [0.4, 0.5) is 10.1 Å². The lowest BCUT2D eigenvalue weighted by molar-refractivity contribution is -0.118. The van der Waals surface area contributed by atoms with Crippen LogP contribution in [0.5, 0.6) is 11.5 Å². The highest BCUT2D eigenvalue weighted by molar-refractivity contribution is 5.92. The summed E-state index contributed by atoms with van der Waals surface area (Å²) in [6.45, 7) is 3.62. The van der Waals surface area contributed by atoms with Crippen LogP contribution in [0.25, 0.3) is 0 Å². The third kappa shape index (κ3) is 4.79. The molecule has 5 heteroatoms. The summed E-state index contributed by atoms with van der Waals surface area (Å²) in [5.41, 5.74) is -0.0303. The molecule has 0 heterocycles. The second-order valence-corrected chi connectivity index (χ2v) is 5.59. The number of rotatable bonds is 6. The fourth-order valence-corrected chi connectivity index (χ4v) is 1.94. The molecule has 2 aromatic carbocycles. The summed E-state index contributed by atoms with van der Waals surface area (Å²) >= 11 is 0. The number of anilines is 1. The first-order chi connectivity index (χ1) is 11.0. The molecule has 2 aromatic rings. The van der Waals surface area contributed by atoms with Gasteiger partial charge in [0, 0.05) is 0 Å². The number of nitrogens with one attached hydrogen (secondary N) is 1. The molecule has 0 aliphatic rings. The van der Waals surface area contributed by atoms with E-state index in [1.54, 1.807) is 30.3 Å². The van der Waals surface area contributed by atoms with Crippen LogP contribution >= 0.6 is 0 Å². The number of carbonyl (C=O) groups excluding carboxylic acids is 1. The minimum atomic E-state index is -0.778. The molecule has 0 aliphatic heterocycles. The number of hydrogen-bond donors (Lipinski definition) is 2. The molecular weight excluding hydrogens is 297 g/mol. The summed E-state index contributed by atoms with van der Waals surface area (Å²) in [4.78, 5) is 12.0. The van der Waals surface area contributed by atoms with Crippen LogP contribution in [-0.4, -0.2) is 17.1 Å². The minimum absolute atomic E-state index is 0.0303. The quantitative estimate of drug-likeness (QED) is 0.847. The number of aliphatic hydroxyl groups is 1. The highest BCUT2D eigenvalue weighted by atomic mass is 19.1. The van der Waals surface area contributed by atoms with Crippen molar-refractivity contribution in [2.45, 2.75) is 26.4 Å². The third-order valence-corrected chi connectivity index (χ3v) is 3.37. The first kappa shape index (κ1) is 17.0. The number of aliphatic hydroxyl groups excluding tert-OH is 1. The lowest BCUT2D eigenvalue weighted by Gasteiger charge is -2.16. The van der Waals surface area contributed by atoms with Gasteiger partial charge in [-0.2, -0.15) is 0 Å². The summed E-state index contributed by atoms with van der Waals surface area (Å²) in [6.07, 6.45) is -0.878. The minimum Gasteiger partial charge on any atom is -0.455 e. The van der Waals surface area contributed by atoms with Crippen LogP contribution in [0.3, 0.4) is 0 Å². The molecule has 0 aliphatic carbocycles. The van der Waals surface area contributed by atoms with Gasteiger partial charge in [-0.1, -0.05) is 38.1 Å². The number of hydrogen-bond acceptors (Lipinski definition) is 3. The van der Waals surface area contributed by atoms with Crippen molar-refractivity contribution in [3.05, 3.63) is 54.3 Å². The van der Waals surface area contributed by atoms with E-state index in [-0.39, 0.29) is 23.8 Å². The molecule has 122 valence electrons. The molecule has 2 rings (SSSR count). The predicted molar refractivity (Wildman–Crippen MR) is 87.0 cm³/mol. The zero-order chi connectivity index (χ0) is 16.8. The number of amides is 1. The summed E-state index contributed by atoms with van der Waals surface area (Å²) in [6, 6.07) is 13.2. The van der Waals surface area contributed by atoms with E-state index in [1.807, 2.05) is 19.9 Å². The van der Waals surface area contributed by atoms with Crippen molar-refractivity contribution in [2.24, 2.45) is 5.92 Å². The molecule has 1 unspecified atom stereocenters. The van der Waals surface area contributed by atoms with E-state index >= 15 is 0 Å². The first-order valence-corrected chi connectivity index (χ1v) is 7.46. The van der Waals surface area contributed by atoms with Gasteiger partial charge in [0.25, 0.3) is 0 Å². The van der Waals surface area contributed by atoms with Crippen molar-refractivity contribution < 1.29 is 19.0 Å². The number of ether oxygens (including phenoxy) is 1. The molecule has 4 nitrogen and oxygen atoms in total. The lowest BCUT2D eigenvalue weighted by Crippen LogP contribution is -2.24. The summed E-state index contributed by atoms with van der Waals surface area (Å²) in [5, 5.41) is 12.2. The zero-order valence-corrected chi connectivity index (χ0v) is 13.1. The van der Waals surface area contributed by atoms with Crippen molar-refractivity contribution in [1.82, 2.24) is 0 Å². The molecule has 0 bridgehead atoms. The van der Waals surface area contributed by atoms with Gasteiger partial charge in [-0.15, -0.1) is 0 Å². The summed E-state index contributed by atoms with van der Waals surface area (Å²) < 4.78 is 19.7. The summed E-state index contributed by atoms with van der Waals surface area (Å²) in [5.74, 6) is -0.360. The highest BCUT2D eigenvalue weighted by Crippen LogP contribution is 2.31. The van der Waals surface area contributed by atoms with Gasteiger partial charge in [-0.3, -0.25) is 4.79 Å². The monoisotopic (exact) mass is 317 g/mol. The zero-order valence-electron chi connectivity index (χ0n) is 13.1. The maximum Gasteiger partial charge on any atom is 0.227 e. The number of halogens is 1. The average Bonchev–Trinajstić information content (AvgIpc) is 2.51. The van der Waals surface area contributed by atoms with Gasteiger partial charge < -0.3 is 15.2 Å². The van der Waals surface area contributed by atoms with Crippen LogP contribution in [0.1, 0.15) is 20.3 Å². The Morgan fingerprint density at radius 3 is 2.52 bits per heavy atom. The SMILES string of the molecule is CC(C)C(O)CC(=O)Nc1c(F)cccc1Oc1ccccc1. The van der Waals surface area contributed by atoms with E-state index in [0.29, 0.717) is 5.75 Å². The molecule has 0 aromatic heterocycles. The van der Waals surface area contributed by atoms with Crippen LogP contribution < -0.4 is 10.1 Å². The Bertz CT molecular complexity index is 659. The van der Waals surface area contributed by atoms with Crippen molar-refractivity contribution in [2.75, 3.05) is 5.32 Å². The topological polar surface area (TPSA) is 58.6 Å². The average molecular weight is 317 g/mol.